The summed E-state index contributed by atoms with van der Waals surface area (Å²) >= 11 is 1.82. The average Bonchev–Trinajstić information content (AvgIpc) is 3.72. The first-order valence-corrected chi connectivity index (χ1v) is 19.2. The molecule has 0 saturated heterocycles. The Kier molecular flexibility index (Phi) is 13.9. The van der Waals surface area contributed by atoms with Gasteiger partial charge in [0.25, 0.3) is 0 Å². The summed E-state index contributed by atoms with van der Waals surface area (Å²) in [6.07, 6.45) is 13.3. The molecule has 5 aromatic rings. The number of aryl methyl sites for hydroxylation is 1. The van der Waals surface area contributed by atoms with E-state index in [-0.39, 0.29) is 48.9 Å². The summed E-state index contributed by atoms with van der Waals surface area (Å²) in [6, 6.07) is 17.0. The largest absolute Gasteiger partial charge is 0.512 e. The number of carbonyl (C=O) groups excluding carboxylic acids is 1. The SMILES string of the molecule is CCC(CC)C(=O)/C=C(\O)C(CC)CC.Cc1ccc2[c-]c(-c3ncnc4c3sc3cc(CC5CCCC5)ccc34)cc(C(C)(C)C)c2n1.[Ir]. The van der Waals surface area contributed by atoms with Crippen LogP contribution < -0.4 is 0 Å². The number of hydrogen-bond acceptors (Lipinski definition) is 6. The number of fused-ring (bicyclic) bond motifs is 4. The van der Waals surface area contributed by atoms with Gasteiger partial charge >= 0.3 is 0 Å². The third-order valence-electron chi connectivity index (χ3n) is 10.3. The zero-order chi connectivity index (χ0) is 35.3. The monoisotopic (exact) mass is 869 g/mol. The molecule has 1 radical (unpaired) electrons. The van der Waals surface area contributed by atoms with Crippen LogP contribution in [0.3, 0.4) is 0 Å². The van der Waals surface area contributed by atoms with Crippen LogP contribution in [0.25, 0.3) is 42.5 Å². The number of pyridine rings is 1. The number of allylic oxidation sites excluding steroid dienone is 2. The van der Waals surface area contributed by atoms with Crippen molar-refractivity contribution in [2.24, 2.45) is 17.8 Å². The second-order valence-corrected chi connectivity index (χ2v) is 15.9. The molecule has 1 N–H and O–H groups in total. The van der Waals surface area contributed by atoms with Gasteiger partial charge in [0.05, 0.1) is 11.3 Å². The summed E-state index contributed by atoms with van der Waals surface area (Å²) < 4.78 is 2.45. The van der Waals surface area contributed by atoms with Crippen LogP contribution in [0.4, 0.5) is 0 Å². The van der Waals surface area contributed by atoms with Crippen LogP contribution in [0.5, 0.6) is 0 Å². The Hall–Kier alpha value is -2.99. The van der Waals surface area contributed by atoms with Crippen molar-refractivity contribution in [2.45, 2.75) is 119 Å². The molecule has 1 fully saturated rings. The van der Waals surface area contributed by atoms with Crippen molar-refractivity contribution in [2.75, 3.05) is 0 Å². The van der Waals surface area contributed by atoms with E-state index in [4.69, 9.17) is 15.0 Å². The molecule has 3 aromatic heterocycles. The van der Waals surface area contributed by atoms with Gasteiger partial charge in [-0.3, -0.25) is 14.8 Å². The first-order chi connectivity index (χ1) is 23.5. The summed E-state index contributed by atoms with van der Waals surface area (Å²) in [5.74, 6) is 1.40. The Bertz CT molecular complexity index is 1940. The Morgan fingerprint density at radius 2 is 1.64 bits per heavy atom. The van der Waals surface area contributed by atoms with Crippen molar-refractivity contribution in [1.29, 1.82) is 0 Å². The van der Waals surface area contributed by atoms with Crippen LogP contribution in [0.1, 0.15) is 117 Å². The first kappa shape index (κ1) is 39.8. The first-order valence-electron chi connectivity index (χ1n) is 18.4. The van der Waals surface area contributed by atoms with Gasteiger partial charge in [0.1, 0.15) is 6.33 Å². The van der Waals surface area contributed by atoms with Crippen molar-refractivity contribution in [3.8, 4) is 11.3 Å². The molecule has 1 aliphatic carbocycles. The van der Waals surface area contributed by atoms with E-state index in [2.05, 4.69) is 63.2 Å². The number of benzene rings is 2. The van der Waals surface area contributed by atoms with E-state index in [1.807, 2.05) is 46.0 Å². The standard InChI is InChI=1S/C30H30N3S.C13H24O2.Ir/c1-18-9-11-21-15-22(16-24(26(21)33-18)30(2,3)4)27-29-28(32-17-31-27)23-12-10-20(14-25(23)34-29)13-19-7-5-6-8-19;1-5-10(6-2)12(14)9-13(15)11(7-3)8-4;/h9-12,14,16-17,19H,5-8,13H2,1-4H3;9-11,14H,5-8H2,1-4H3;/q-1;;/b;12-9-;. The maximum Gasteiger partial charge on any atom is 0.162 e. The Labute approximate surface area is 316 Å². The maximum absolute atomic E-state index is 11.7. The molecule has 0 unspecified atom stereocenters. The molecule has 0 spiro atoms. The Morgan fingerprint density at radius 3 is 2.28 bits per heavy atom. The van der Waals surface area contributed by atoms with Gasteiger partial charge in [-0.1, -0.05) is 109 Å². The van der Waals surface area contributed by atoms with Crippen molar-refractivity contribution >= 4 is 48.3 Å². The fourth-order valence-electron chi connectivity index (χ4n) is 7.22. The predicted molar refractivity (Wildman–Crippen MR) is 207 cm³/mol. The summed E-state index contributed by atoms with van der Waals surface area (Å²) in [6.45, 7) is 16.9. The molecular weight excluding hydrogens is 815 g/mol. The molecule has 50 heavy (non-hydrogen) atoms. The van der Waals surface area contributed by atoms with E-state index in [0.29, 0.717) is 0 Å². The molecule has 1 saturated carbocycles. The second kappa shape index (κ2) is 17.5. The molecule has 0 atom stereocenters. The quantitative estimate of drug-likeness (QED) is 0.0860. The summed E-state index contributed by atoms with van der Waals surface area (Å²) in [7, 11) is 0. The summed E-state index contributed by atoms with van der Waals surface area (Å²) in [4.78, 5) is 26.1. The number of aromatic nitrogens is 3. The topological polar surface area (TPSA) is 76.0 Å². The number of nitrogens with zero attached hydrogens (tertiary/aromatic N) is 3. The fraction of sp³-hybridized carbons (Fsp3) is 0.488. The molecule has 0 bridgehead atoms. The van der Waals surface area contributed by atoms with Crippen LogP contribution >= 0.6 is 11.3 Å². The third kappa shape index (κ3) is 9.08. The molecule has 0 aliphatic heterocycles. The van der Waals surface area contributed by atoms with E-state index in [0.717, 1.165) is 69.7 Å². The van der Waals surface area contributed by atoms with Gasteiger partial charge < -0.3 is 5.11 Å². The third-order valence-corrected chi connectivity index (χ3v) is 11.5. The molecule has 5 nitrogen and oxygen atoms in total. The van der Waals surface area contributed by atoms with Gasteiger partial charge in [-0.2, -0.15) is 0 Å². The molecule has 269 valence electrons. The molecule has 1 aliphatic rings. The molecule has 6 rings (SSSR count). The number of carbonyl (C=O) groups is 1. The van der Waals surface area contributed by atoms with Gasteiger partial charge in [-0.05, 0) is 62.0 Å². The predicted octanol–water partition coefficient (Wildman–Crippen LogP) is 12.1. The van der Waals surface area contributed by atoms with Crippen molar-refractivity contribution in [3.63, 3.8) is 0 Å². The van der Waals surface area contributed by atoms with Crippen molar-refractivity contribution in [3.05, 3.63) is 77.4 Å². The number of thiophene rings is 1. The van der Waals surface area contributed by atoms with Gasteiger partial charge in [0.2, 0.25) is 0 Å². The fourth-order valence-corrected chi connectivity index (χ4v) is 8.44. The van der Waals surface area contributed by atoms with Crippen LogP contribution in [-0.4, -0.2) is 25.8 Å². The summed E-state index contributed by atoms with van der Waals surface area (Å²) in [5.41, 5.74) is 7.75. The second-order valence-electron chi connectivity index (χ2n) is 14.9. The number of hydrogen-bond donors (Lipinski definition) is 1. The van der Waals surface area contributed by atoms with Crippen LogP contribution in [-0.2, 0) is 36.7 Å². The van der Waals surface area contributed by atoms with Gasteiger partial charge in [-0.25, -0.2) is 4.98 Å². The minimum absolute atomic E-state index is 0. The minimum atomic E-state index is -0.0374. The van der Waals surface area contributed by atoms with E-state index in [9.17, 15) is 9.90 Å². The minimum Gasteiger partial charge on any atom is -0.512 e. The number of aliphatic hydroxyl groups is 1. The van der Waals surface area contributed by atoms with Crippen molar-refractivity contribution < 1.29 is 30.0 Å². The van der Waals surface area contributed by atoms with E-state index >= 15 is 0 Å². The van der Waals surface area contributed by atoms with E-state index in [1.54, 1.807) is 6.33 Å². The van der Waals surface area contributed by atoms with Crippen LogP contribution in [0, 0.1) is 30.7 Å². The Morgan fingerprint density at radius 1 is 0.960 bits per heavy atom. The number of ketones is 1. The maximum atomic E-state index is 11.7. The van der Waals surface area contributed by atoms with Crippen LogP contribution in [0.15, 0.2) is 54.6 Å². The van der Waals surface area contributed by atoms with Gasteiger partial charge in [-0.15, -0.1) is 29.5 Å². The molecule has 0 amide bonds. The zero-order valence-electron chi connectivity index (χ0n) is 31.2. The molecule has 3 heterocycles. The average molecular weight is 869 g/mol. The van der Waals surface area contributed by atoms with E-state index in [1.165, 1.54) is 59.4 Å². The normalized spacial score (nSPS) is 14.1. The van der Waals surface area contributed by atoms with Gasteiger partial charge in [0, 0.05) is 69.7 Å². The Balaban J connectivity index is 0.000000301. The zero-order valence-corrected chi connectivity index (χ0v) is 34.4. The molecule has 7 heteroatoms. The number of rotatable bonds is 10. The van der Waals surface area contributed by atoms with E-state index < -0.39 is 0 Å². The van der Waals surface area contributed by atoms with Crippen molar-refractivity contribution in [1.82, 2.24) is 15.0 Å². The number of aliphatic hydroxyl groups excluding tert-OH is 1. The summed E-state index contributed by atoms with van der Waals surface area (Å²) in [5, 5.41) is 12.0. The molecular formula is C43H54IrN3O2S-. The van der Waals surface area contributed by atoms with Gasteiger partial charge in [0.15, 0.2) is 5.78 Å². The smallest absolute Gasteiger partial charge is 0.162 e. The molecule has 2 aromatic carbocycles. The van der Waals surface area contributed by atoms with Crippen LogP contribution in [0.2, 0.25) is 0 Å².